The van der Waals surface area contributed by atoms with Gasteiger partial charge in [0.15, 0.2) is 15.0 Å². The Kier molecular flexibility index (Phi) is 7.87. The van der Waals surface area contributed by atoms with Crippen LogP contribution in [0.4, 0.5) is 14.9 Å². The van der Waals surface area contributed by atoms with E-state index in [1.807, 2.05) is 30.3 Å². The Bertz CT molecular complexity index is 1330. The molecule has 2 aliphatic rings. The highest BCUT2D eigenvalue weighted by Gasteiger charge is 2.49. The van der Waals surface area contributed by atoms with Crippen LogP contribution < -0.4 is 10.2 Å². The number of anilines is 1. The van der Waals surface area contributed by atoms with Crippen LogP contribution >= 0.6 is 23.4 Å². The molecular formula is C25H27ClFN3O5S2. The molecule has 2 heterocycles. The molecule has 0 bridgehead atoms. The molecule has 2 aliphatic heterocycles. The summed E-state index contributed by atoms with van der Waals surface area (Å²) >= 11 is 7.00. The van der Waals surface area contributed by atoms with E-state index in [4.69, 9.17) is 16.3 Å². The number of hydrogen-bond donors (Lipinski definition) is 1. The van der Waals surface area contributed by atoms with Crippen LogP contribution in [0.15, 0.2) is 53.5 Å². The quantitative estimate of drug-likeness (QED) is 0.577. The maximum absolute atomic E-state index is 14.3. The molecule has 4 rings (SSSR count). The number of amides is 2. The van der Waals surface area contributed by atoms with E-state index in [9.17, 15) is 22.4 Å². The van der Waals surface area contributed by atoms with Gasteiger partial charge in [0, 0.05) is 17.4 Å². The number of hydrogen-bond acceptors (Lipinski definition) is 6. The number of aliphatic imine (C=N–C) groups is 1. The predicted octanol–water partition coefficient (Wildman–Crippen LogP) is 4.22. The minimum atomic E-state index is -3.30. The van der Waals surface area contributed by atoms with Crippen molar-refractivity contribution in [3.05, 3.63) is 64.9 Å². The third-order valence-electron chi connectivity index (χ3n) is 5.73. The van der Waals surface area contributed by atoms with Crippen molar-refractivity contribution in [2.75, 3.05) is 16.4 Å². The van der Waals surface area contributed by atoms with E-state index in [-0.39, 0.29) is 33.4 Å². The van der Waals surface area contributed by atoms with Crippen LogP contribution in [0.2, 0.25) is 5.02 Å². The monoisotopic (exact) mass is 567 g/mol. The highest BCUT2D eigenvalue weighted by Crippen LogP contribution is 2.41. The van der Waals surface area contributed by atoms with E-state index in [0.29, 0.717) is 5.69 Å². The number of benzene rings is 2. The fraction of sp³-hybridized carbons (Fsp3) is 0.400. The molecule has 3 atom stereocenters. The standard InChI is InChI=1S/C25H27ClFN3O5S2/c1-25(2,3)35-24(32)28-19(11-15-7-5-4-6-8-15)22(31)29-23-30(16-9-10-17(26)18(27)12-16)20-13-37(33,34)14-21(20)36-23/h4-10,12,19-21H,11,13-14H2,1-3H3,(H,28,32)/t19-,20+,21+/m1/s1. The van der Waals surface area contributed by atoms with E-state index < -0.39 is 45.3 Å². The van der Waals surface area contributed by atoms with Crippen LogP contribution in [0, 0.1) is 5.82 Å². The average Bonchev–Trinajstić information content (AvgIpc) is 3.25. The van der Waals surface area contributed by atoms with E-state index in [0.717, 1.165) is 17.3 Å². The first kappa shape index (κ1) is 27.4. The van der Waals surface area contributed by atoms with Gasteiger partial charge in [-0.3, -0.25) is 4.79 Å². The fourth-order valence-corrected chi connectivity index (χ4v) is 8.21. The molecule has 0 saturated carbocycles. The summed E-state index contributed by atoms with van der Waals surface area (Å²) < 4.78 is 44.3. The zero-order chi connectivity index (χ0) is 27.0. The van der Waals surface area contributed by atoms with Gasteiger partial charge in [-0.15, -0.1) is 0 Å². The molecule has 2 aromatic rings. The summed E-state index contributed by atoms with van der Waals surface area (Å²) in [5.74, 6) is -1.54. The van der Waals surface area contributed by atoms with E-state index in [2.05, 4.69) is 10.3 Å². The van der Waals surface area contributed by atoms with Gasteiger partial charge in [0.2, 0.25) is 0 Å². The fourth-order valence-electron chi connectivity index (χ4n) is 4.17. The third kappa shape index (κ3) is 6.82. The molecule has 37 heavy (non-hydrogen) atoms. The van der Waals surface area contributed by atoms with Crippen LogP contribution in [0.25, 0.3) is 0 Å². The van der Waals surface area contributed by atoms with E-state index >= 15 is 0 Å². The van der Waals surface area contributed by atoms with E-state index in [1.54, 1.807) is 31.7 Å². The lowest BCUT2D eigenvalue weighted by Gasteiger charge is -2.25. The van der Waals surface area contributed by atoms with Crippen molar-refractivity contribution in [2.24, 2.45) is 4.99 Å². The number of nitrogens with one attached hydrogen (secondary N) is 1. The van der Waals surface area contributed by atoms with Crippen LogP contribution in [-0.4, -0.2) is 60.0 Å². The minimum Gasteiger partial charge on any atom is -0.444 e. The van der Waals surface area contributed by atoms with Crippen molar-refractivity contribution in [1.29, 1.82) is 0 Å². The number of nitrogens with zero attached hydrogens (tertiary/aromatic N) is 2. The zero-order valence-corrected chi connectivity index (χ0v) is 22.9. The van der Waals surface area contributed by atoms with Crippen molar-refractivity contribution < 1.29 is 27.1 Å². The SMILES string of the molecule is CC(C)(C)OC(=O)N[C@H](Cc1ccccc1)C(=O)N=C1S[C@H]2CS(=O)(=O)C[C@@H]2N1c1ccc(Cl)c(F)c1. The first-order valence-corrected chi connectivity index (χ1v) is 14.7. The van der Waals surface area contributed by atoms with Gasteiger partial charge < -0.3 is 15.0 Å². The molecule has 0 radical (unpaired) electrons. The van der Waals surface area contributed by atoms with Crippen molar-refractivity contribution in [2.45, 2.75) is 50.1 Å². The van der Waals surface area contributed by atoms with Gasteiger partial charge in [0.1, 0.15) is 17.5 Å². The van der Waals surface area contributed by atoms with Crippen molar-refractivity contribution in [1.82, 2.24) is 5.32 Å². The molecule has 8 nitrogen and oxygen atoms in total. The molecule has 0 aliphatic carbocycles. The minimum absolute atomic E-state index is 0.0777. The second-order valence-corrected chi connectivity index (χ2v) is 13.7. The Hall–Kier alpha value is -2.63. The Morgan fingerprint density at radius 2 is 1.92 bits per heavy atom. The molecule has 2 saturated heterocycles. The van der Waals surface area contributed by atoms with Gasteiger partial charge >= 0.3 is 6.09 Å². The van der Waals surface area contributed by atoms with Gasteiger partial charge in [-0.2, -0.15) is 4.99 Å². The lowest BCUT2D eigenvalue weighted by Crippen LogP contribution is -2.45. The molecule has 2 amide bonds. The van der Waals surface area contributed by atoms with Crippen LogP contribution in [0.5, 0.6) is 0 Å². The molecule has 2 fully saturated rings. The number of ether oxygens (including phenoxy) is 1. The molecule has 1 N–H and O–H groups in total. The summed E-state index contributed by atoms with van der Waals surface area (Å²) in [6.07, 6.45) is -0.599. The third-order valence-corrected chi connectivity index (χ3v) is 9.24. The summed E-state index contributed by atoms with van der Waals surface area (Å²) in [6, 6.07) is 11.7. The number of carbonyl (C=O) groups excluding carboxylic acids is 2. The van der Waals surface area contributed by atoms with Crippen molar-refractivity contribution in [3.63, 3.8) is 0 Å². The number of sulfone groups is 1. The zero-order valence-electron chi connectivity index (χ0n) is 20.5. The Labute approximate surface area is 224 Å². The summed E-state index contributed by atoms with van der Waals surface area (Å²) in [4.78, 5) is 31.8. The lowest BCUT2D eigenvalue weighted by molar-refractivity contribution is -0.119. The summed E-state index contributed by atoms with van der Waals surface area (Å²) in [7, 11) is -3.30. The number of halogens is 2. The Morgan fingerprint density at radius 3 is 2.57 bits per heavy atom. The predicted molar refractivity (Wildman–Crippen MR) is 143 cm³/mol. The molecular weight excluding hydrogens is 541 g/mol. The maximum Gasteiger partial charge on any atom is 0.408 e. The summed E-state index contributed by atoms with van der Waals surface area (Å²) in [5.41, 5.74) is 0.372. The van der Waals surface area contributed by atoms with Gasteiger partial charge in [0.05, 0.1) is 22.6 Å². The normalized spacial score (nSPS) is 22.5. The number of carbonyl (C=O) groups is 2. The molecule has 2 aromatic carbocycles. The largest absolute Gasteiger partial charge is 0.444 e. The maximum atomic E-state index is 14.3. The average molecular weight is 568 g/mol. The first-order chi connectivity index (χ1) is 17.3. The van der Waals surface area contributed by atoms with Gasteiger partial charge in [-0.25, -0.2) is 17.6 Å². The molecule has 0 aromatic heterocycles. The summed E-state index contributed by atoms with van der Waals surface area (Å²) in [5, 5.41) is 2.40. The number of rotatable bonds is 5. The first-order valence-electron chi connectivity index (χ1n) is 11.6. The Morgan fingerprint density at radius 1 is 1.22 bits per heavy atom. The number of fused-ring (bicyclic) bond motifs is 1. The lowest BCUT2D eigenvalue weighted by atomic mass is 10.1. The van der Waals surface area contributed by atoms with E-state index in [1.165, 1.54) is 12.1 Å². The number of alkyl carbamates (subject to hydrolysis) is 1. The van der Waals surface area contributed by atoms with Crippen LogP contribution in [-0.2, 0) is 25.8 Å². The molecule has 0 unspecified atom stereocenters. The van der Waals surface area contributed by atoms with Crippen LogP contribution in [0.3, 0.4) is 0 Å². The second-order valence-electron chi connectivity index (χ2n) is 9.89. The number of amidine groups is 1. The highest BCUT2D eigenvalue weighted by atomic mass is 35.5. The topological polar surface area (TPSA) is 105 Å². The summed E-state index contributed by atoms with van der Waals surface area (Å²) in [6.45, 7) is 5.14. The van der Waals surface area contributed by atoms with Gasteiger partial charge in [-0.1, -0.05) is 53.7 Å². The van der Waals surface area contributed by atoms with Gasteiger partial charge in [0.25, 0.3) is 5.91 Å². The number of thioether (sulfide) groups is 1. The van der Waals surface area contributed by atoms with Gasteiger partial charge in [-0.05, 0) is 44.5 Å². The smallest absolute Gasteiger partial charge is 0.408 e. The Balaban J connectivity index is 1.66. The van der Waals surface area contributed by atoms with Crippen LogP contribution in [0.1, 0.15) is 26.3 Å². The molecule has 0 spiro atoms. The second kappa shape index (κ2) is 10.6. The van der Waals surface area contributed by atoms with Crippen molar-refractivity contribution >= 4 is 56.1 Å². The molecule has 198 valence electrons. The highest BCUT2D eigenvalue weighted by molar-refractivity contribution is 8.16. The van der Waals surface area contributed by atoms with Crippen molar-refractivity contribution in [3.8, 4) is 0 Å². The molecule has 12 heteroatoms.